The molecule has 0 radical (unpaired) electrons. The molecule has 1 aromatic carbocycles. The molecule has 5 nitrogen and oxygen atoms in total. The van der Waals surface area contributed by atoms with Crippen LogP contribution in [0.2, 0.25) is 0 Å². The van der Waals surface area contributed by atoms with Gasteiger partial charge in [-0.2, -0.15) is 0 Å². The summed E-state index contributed by atoms with van der Waals surface area (Å²) in [4.78, 5) is 18.2. The van der Waals surface area contributed by atoms with Crippen LogP contribution in [0.4, 0.5) is 5.69 Å². The van der Waals surface area contributed by atoms with Crippen LogP contribution < -0.4 is 5.73 Å². The van der Waals surface area contributed by atoms with Crippen LogP contribution in [0.25, 0.3) is 0 Å². The van der Waals surface area contributed by atoms with Crippen LogP contribution in [0.15, 0.2) is 36.4 Å². The minimum atomic E-state index is -0.248. The predicted octanol–water partition coefficient (Wildman–Crippen LogP) is 1.95. The number of benzene rings is 1. The van der Waals surface area contributed by atoms with Gasteiger partial charge in [0.25, 0.3) is 5.91 Å². The molecular weight excluding hydrogens is 254 g/mol. The number of aromatic nitrogens is 1. The number of phenols is 1. The number of hydrogen-bond donors (Lipinski definition) is 2. The number of anilines is 1. The number of nitrogens with two attached hydrogens (primary N) is 1. The van der Waals surface area contributed by atoms with Crippen LogP contribution >= 0.6 is 0 Å². The maximum Gasteiger partial charge on any atom is 0.256 e. The molecule has 1 aromatic heterocycles. The Morgan fingerprint density at radius 1 is 1.35 bits per heavy atom. The van der Waals surface area contributed by atoms with Crippen molar-refractivity contribution < 1.29 is 9.90 Å². The van der Waals surface area contributed by atoms with E-state index in [0.29, 0.717) is 17.8 Å². The summed E-state index contributed by atoms with van der Waals surface area (Å²) >= 11 is 0. The van der Waals surface area contributed by atoms with Crippen molar-refractivity contribution in [1.82, 2.24) is 9.88 Å². The second-order valence-electron chi connectivity index (χ2n) is 4.70. The molecule has 0 aliphatic carbocycles. The first-order chi connectivity index (χ1) is 9.47. The van der Waals surface area contributed by atoms with Gasteiger partial charge in [0.15, 0.2) is 0 Å². The minimum absolute atomic E-state index is 0.0182. The van der Waals surface area contributed by atoms with E-state index in [-0.39, 0.29) is 11.7 Å². The fraction of sp³-hybridized carbons (Fsp3) is 0.200. The van der Waals surface area contributed by atoms with E-state index in [2.05, 4.69) is 4.98 Å². The molecular formula is C15H17N3O2. The number of nitrogens with zero attached hydrogens (tertiary/aromatic N) is 2. The normalized spacial score (nSPS) is 10.3. The molecule has 0 unspecified atom stereocenters. The van der Waals surface area contributed by atoms with Crippen LogP contribution in [0.1, 0.15) is 21.7 Å². The van der Waals surface area contributed by atoms with Crippen molar-refractivity contribution in [3.05, 3.63) is 53.3 Å². The maximum absolute atomic E-state index is 12.3. The largest absolute Gasteiger partial charge is 0.508 e. The van der Waals surface area contributed by atoms with Gasteiger partial charge in [-0.15, -0.1) is 0 Å². The smallest absolute Gasteiger partial charge is 0.256 e. The average Bonchev–Trinajstić information content (AvgIpc) is 2.40. The highest BCUT2D eigenvalue weighted by atomic mass is 16.3. The van der Waals surface area contributed by atoms with Crippen molar-refractivity contribution in [2.24, 2.45) is 0 Å². The Morgan fingerprint density at radius 3 is 2.80 bits per heavy atom. The summed E-state index contributed by atoms with van der Waals surface area (Å²) in [5.41, 5.74) is 8.12. The number of nitrogen functional groups attached to an aromatic ring is 1. The van der Waals surface area contributed by atoms with Gasteiger partial charge >= 0.3 is 0 Å². The number of pyridine rings is 1. The van der Waals surface area contributed by atoms with Crippen molar-refractivity contribution in [2.75, 3.05) is 12.8 Å². The molecule has 5 heteroatoms. The zero-order valence-electron chi connectivity index (χ0n) is 11.5. The van der Waals surface area contributed by atoms with Crippen LogP contribution in [0.5, 0.6) is 5.75 Å². The first kappa shape index (κ1) is 13.9. The Morgan fingerprint density at radius 2 is 2.10 bits per heavy atom. The summed E-state index contributed by atoms with van der Waals surface area (Å²) in [5.74, 6) is -0.230. The number of phenolic OH excluding ortho intramolecular Hbond substituents is 1. The zero-order valence-corrected chi connectivity index (χ0v) is 11.5. The van der Waals surface area contributed by atoms with Gasteiger partial charge in [0, 0.05) is 18.4 Å². The lowest BCUT2D eigenvalue weighted by molar-refractivity contribution is 0.0784. The number of carbonyl (C=O) groups is 1. The standard InChI is InChI=1S/C15H17N3O2/c1-10-4-3-5-11(17-10)9-18(2)15(20)13-8-12(19)6-7-14(13)16/h3-8,19H,9,16H2,1-2H3. The van der Waals surface area contributed by atoms with E-state index in [9.17, 15) is 9.90 Å². The Bertz CT molecular complexity index is 641. The van der Waals surface area contributed by atoms with Crippen LogP contribution in [0, 0.1) is 6.92 Å². The summed E-state index contributed by atoms with van der Waals surface area (Å²) in [6.07, 6.45) is 0. The first-order valence-corrected chi connectivity index (χ1v) is 6.24. The van der Waals surface area contributed by atoms with Crippen LogP contribution in [0.3, 0.4) is 0 Å². The highest BCUT2D eigenvalue weighted by Crippen LogP contribution is 2.20. The van der Waals surface area contributed by atoms with Gasteiger partial charge in [0.05, 0.1) is 17.8 Å². The molecule has 1 amide bonds. The summed E-state index contributed by atoms with van der Waals surface area (Å²) in [6.45, 7) is 2.29. The third-order valence-electron chi connectivity index (χ3n) is 2.96. The Hall–Kier alpha value is -2.56. The monoisotopic (exact) mass is 271 g/mol. The van der Waals surface area contributed by atoms with E-state index < -0.39 is 0 Å². The number of carbonyl (C=O) groups excluding carboxylic acids is 1. The average molecular weight is 271 g/mol. The minimum Gasteiger partial charge on any atom is -0.508 e. The van der Waals surface area contributed by atoms with E-state index in [1.54, 1.807) is 7.05 Å². The van der Waals surface area contributed by atoms with E-state index in [4.69, 9.17) is 5.73 Å². The maximum atomic E-state index is 12.3. The molecule has 104 valence electrons. The lowest BCUT2D eigenvalue weighted by Crippen LogP contribution is -2.27. The van der Waals surface area contributed by atoms with Crippen molar-refractivity contribution in [3.63, 3.8) is 0 Å². The lowest BCUT2D eigenvalue weighted by atomic mass is 10.1. The summed E-state index contributed by atoms with van der Waals surface area (Å²) in [5, 5.41) is 9.46. The summed E-state index contributed by atoms with van der Waals surface area (Å²) in [7, 11) is 1.68. The number of hydrogen-bond acceptors (Lipinski definition) is 4. The highest BCUT2D eigenvalue weighted by Gasteiger charge is 2.16. The fourth-order valence-corrected chi connectivity index (χ4v) is 1.94. The summed E-state index contributed by atoms with van der Waals surface area (Å²) < 4.78 is 0. The molecule has 2 aromatic rings. The molecule has 3 N–H and O–H groups in total. The van der Waals surface area contributed by atoms with Crippen LogP contribution in [-0.2, 0) is 6.54 Å². The van der Waals surface area contributed by atoms with Gasteiger partial charge in [-0.1, -0.05) is 6.07 Å². The molecule has 0 aliphatic rings. The third-order valence-corrected chi connectivity index (χ3v) is 2.96. The van der Waals surface area contributed by atoms with E-state index in [1.165, 1.54) is 23.1 Å². The van der Waals surface area contributed by atoms with Gasteiger partial charge in [-0.3, -0.25) is 9.78 Å². The topological polar surface area (TPSA) is 79.5 Å². The van der Waals surface area contributed by atoms with Gasteiger partial charge in [-0.25, -0.2) is 0 Å². The lowest BCUT2D eigenvalue weighted by Gasteiger charge is -2.18. The predicted molar refractivity (Wildman–Crippen MR) is 77.3 cm³/mol. The van der Waals surface area contributed by atoms with Gasteiger partial charge in [-0.05, 0) is 37.3 Å². The molecule has 0 saturated carbocycles. The van der Waals surface area contributed by atoms with Gasteiger partial charge in [0.2, 0.25) is 0 Å². The van der Waals surface area contributed by atoms with Crippen molar-refractivity contribution in [2.45, 2.75) is 13.5 Å². The molecule has 1 heterocycles. The second-order valence-corrected chi connectivity index (χ2v) is 4.70. The Balaban J connectivity index is 2.18. The van der Waals surface area contributed by atoms with E-state index in [1.807, 2.05) is 25.1 Å². The molecule has 0 fully saturated rings. The van der Waals surface area contributed by atoms with E-state index >= 15 is 0 Å². The van der Waals surface area contributed by atoms with Crippen molar-refractivity contribution in [1.29, 1.82) is 0 Å². The van der Waals surface area contributed by atoms with Crippen LogP contribution in [-0.4, -0.2) is 27.9 Å². The first-order valence-electron chi connectivity index (χ1n) is 6.24. The quantitative estimate of drug-likeness (QED) is 0.660. The van der Waals surface area contributed by atoms with Crippen molar-refractivity contribution in [3.8, 4) is 5.75 Å². The highest BCUT2D eigenvalue weighted by molar-refractivity contribution is 5.99. The van der Waals surface area contributed by atoms with Gasteiger partial charge < -0.3 is 15.7 Å². The number of aryl methyl sites for hydroxylation is 1. The number of aromatic hydroxyl groups is 1. The molecule has 0 saturated heterocycles. The molecule has 2 rings (SSSR count). The molecule has 0 bridgehead atoms. The molecule has 0 aliphatic heterocycles. The number of rotatable bonds is 3. The van der Waals surface area contributed by atoms with E-state index in [0.717, 1.165) is 11.4 Å². The SMILES string of the molecule is Cc1cccc(CN(C)C(=O)c2cc(O)ccc2N)n1. The summed E-state index contributed by atoms with van der Waals surface area (Å²) in [6, 6.07) is 10.0. The third kappa shape index (κ3) is 3.06. The molecule has 0 spiro atoms. The molecule has 20 heavy (non-hydrogen) atoms. The Labute approximate surface area is 117 Å². The van der Waals surface area contributed by atoms with Gasteiger partial charge in [0.1, 0.15) is 5.75 Å². The second kappa shape index (κ2) is 5.61. The zero-order chi connectivity index (χ0) is 14.7. The van der Waals surface area contributed by atoms with Crippen molar-refractivity contribution >= 4 is 11.6 Å². The molecule has 0 atom stereocenters. The fourth-order valence-electron chi connectivity index (χ4n) is 1.94. The Kier molecular flexibility index (Phi) is 3.89. The number of amides is 1.